The molecule has 0 saturated carbocycles. The summed E-state index contributed by atoms with van der Waals surface area (Å²) in [5.74, 6) is -0.0646. The van der Waals surface area contributed by atoms with Crippen molar-refractivity contribution in [3.8, 4) is 0 Å². The van der Waals surface area contributed by atoms with E-state index in [0.29, 0.717) is 6.61 Å². The average Bonchev–Trinajstić information content (AvgIpc) is 2.52. The minimum atomic E-state index is -3.42. The van der Waals surface area contributed by atoms with E-state index in [9.17, 15) is 8.42 Å². The van der Waals surface area contributed by atoms with Gasteiger partial charge in [0, 0.05) is 13.2 Å². The number of sulfonamides is 1. The zero-order valence-corrected chi connectivity index (χ0v) is 14.7. The van der Waals surface area contributed by atoms with Gasteiger partial charge in [-0.25, -0.2) is 13.1 Å². The highest BCUT2D eigenvalue weighted by molar-refractivity contribution is 7.89. The third-order valence-electron chi connectivity index (χ3n) is 3.43. The van der Waals surface area contributed by atoms with E-state index in [1.54, 1.807) is 0 Å². The van der Waals surface area contributed by atoms with Crippen molar-refractivity contribution in [2.75, 3.05) is 25.5 Å². The Morgan fingerprint density at radius 3 is 2.52 bits per heavy atom. The summed E-state index contributed by atoms with van der Waals surface area (Å²) in [6.07, 6.45) is 0. The van der Waals surface area contributed by atoms with Crippen LogP contribution in [0.3, 0.4) is 0 Å². The van der Waals surface area contributed by atoms with Crippen LogP contribution in [0.25, 0.3) is 10.8 Å². The molecule has 0 spiro atoms. The molecule has 1 unspecified atom stereocenters. The smallest absolute Gasteiger partial charge is 0.214 e. The maximum Gasteiger partial charge on any atom is 0.214 e. The van der Waals surface area contributed by atoms with E-state index in [1.165, 1.54) is 0 Å². The lowest BCUT2D eigenvalue weighted by Gasteiger charge is -2.18. The summed E-state index contributed by atoms with van der Waals surface area (Å²) < 4.78 is 31.9. The number of nitrogens with one attached hydrogen (secondary N) is 1. The molecule has 1 atom stereocenters. The first kappa shape index (κ1) is 19.9. The van der Waals surface area contributed by atoms with Crippen LogP contribution in [0.5, 0.6) is 0 Å². The lowest BCUT2D eigenvalue weighted by molar-refractivity contribution is 0.163. The molecular weight excluding hydrogens is 336 g/mol. The predicted molar refractivity (Wildman–Crippen MR) is 96.4 cm³/mol. The Bertz CT molecular complexity index is 722. The van der Waals surface area contributed by atoms with E-state index in [0.717, 1.165) is 16.3 Å². The third kappa shape index (κ3) is 5.75. The number of hydrogen-bond acceptors (Lipinski definition) is 4. The largest absolute Gasteiger partial charge is 0.381 e. The summed E-state index contributed by atoms with van der Waals surface area (Å²) in [5, 5.41) is 2.17. The van der Waals surface area contributed by atoms with Crippen molar-refractivity contribution in [2.24, 2.45) is 5.73 Å². The van der Waals surface area contributed by atoms with Gasteiger partial charge in [-0.3, -0.25) is 0 Å². The number of benzene rings is 2. The maximum atomic E-state index is 12.1. The second-order valence-electron chi connectivity index (χ2n) is 5.03. The van der Waals surface area contributed by atoms with Gasteiger partial charge in [-0.2, -0.15) is 0 Å². The van der Waals surface area contributed by atoms with Crippen LogP contribution in [0.4, 0.5) is 0 Å². The molecule has 0 aliphatic carbocycles. The molecule has 0 aliphatic heterocycles. The first-order chi connectivity index (χ1) is 10.6. The highest BCUT2D eigenvalue weighted by Crippen LogP contribution is 2.20. The van der Waals surface area contributed by atoms with E-state index >= 15 is 0 Å². The average molecular weight is 359 g/mol. The Morgan fingerprint density at radius 1 is 1.17 bits per heavy atom. The van der Waals surface area contributed by atoms with Gasteiger partial charge in [0.2, 0.25) is 10.0 Å². The number of hydrogen-bond donors (Lipinski definition) is 2. The summed E-state index contributed by atoms with van der Waals surface area (Å²) in [5.41, 5.74) is 6.61. The Hall–Kier alpha value is -1.18. The molecule has 0 aromatic heterocycles. The van der Waals surface area contributed by atoms with E-state index in [2.05, 4.69) is 4.72 Å². The Labute approximate surface area is 143 Å². The molecule has 2 rings (SSSR count). The van der Waals surface area contributed by atoms with Gasteiger partial charge in [0.25, 0.3) is 0 Å². The number of rotatable bonds is 8. The number of ether oxygens (including phenoxy) is 1. The Morgan fingerprint density at radius 2 is 1.87 bits per heavy atom. The maximum absolute atomic E-state index is 12.1. The molecule has 7 heteroatoms. The molecule has 2 aromatic rings. The van der Waals surface area contributed by atoms with Gasteiger partial charge >= 0.3 is 0 Å². The summed E-state index contributed by atoms with van der Waals surface area (Å²) in [4.78, 5) is 0. The molecule has 0 aliphatic rings. The zero-order chi connectivity index (χ0) is 16.0. The van der Waals surface area contributed by atoms with Crippen LogP contribution in [-0.2, 0) is 14.8 Å². The highest BCUT2D eigenvalue weighted by atomic mass is 35.5. The van der Waals surface area contributed by atoms with Crippen LogP contribution >= 0.6 is 12.4 Å². The van der Waals surface area contributed by atoms with Crippen molar-refractivity contribution in [1.82, 2.24) is 4.72 Å². The van der Waals surface area contributed by atoms with Crippen molar-refractivity contribution in [3.05, 3.63) is 48.0 Å². The van der Waals surface area contributed by atoms with Gasteiger partial charge in [-0.1, -0.05) is 36.4 Å². The Balaban J connectivity index is 0.00000264. The van der Waals surface area contributed by atoms with E-state index in [-0.39, 0.29) is 31.3 Å². The summed E-state index contributed by atoms with van der Waals surface area (Å²) in [6.45, 7) is 2.71. The summed E-state index contributed by atoms with van der Waals surface area (Å²) in [7, 11) is -3.42. The molecule has 2 aromatic carbocycles. The molecule has 128 valence electrons. The van der Waals surface area contributed by atoms with Gasteiger partial charge < -0.3 is 10.5 Å². The van der Waals surface area contributed by atoms with Gasteiger partial charge in [0.05, 0.1) is 18.4 Å². The van der Waals surface area contributed by atoms with E-state index in [1.807, 2.05) is 49.4 Å². The normalized spacial score (nSPS) is 12.8. The molecule has 0 fully saturated rings. The van der Waals surface area contributed by atoms with Crippen LogP contribution in [-0.4, -0.2) is 33.9 Å². The standard InChI is InChI=1S/C16H22N2O3S.ClH/c1-2-21-9-10-22(19,20)18-16(12-17)15-8-7-13-5-3-4-6-14(13)11-15;/h3-8,11,16,18H,2,9-10,12,17H2,1H3;1H. The molecule has 0 saturated heterocycles. The molecule has 0 heterocycles. The molecule has 0 radical (unpaired) electrons. The van der Waals surface area contributed by atoms with E-state index < -0.39 is 16.1 Å². The predicted octanol–water partition coefficient (Wildman–Crippen LogP) is 2.22. The van der Waals surface area contributed by atoms with Gasteiger partial charge in [0.15, 0.2) is 0 Å². The second kappa shape index (κ2) is 9.20. The van der Waals surface area contributed by atoms with Gasteiger partial charge in [-0.15, -0.1) is 12.4 Å². The quantitative estimate of drug-likeness (QED) is 0.709. The van der Waals surface area contributed by atoms with Gasteiger partial charge in [-0.05, 0) is 29.3 Å². The zero-order valence-electron chi connectivity index (χ0n) is 13.1. The Kier molecular flexibility index (Phi) is 7.94. The topological polar surface area (TPSA) is 81.4 Å². The highest BCUT2D eigenvalue weighted by Gasteiger charge is 2.18. The van der Waals surface area contributed by atoms with Crippen molar-refractivity contribution in [3.63, 3.8) is 0 Å². The second-order valence-corrected chi connectivity index (χ2v) is 6.90. The fourth-order valence-electron chi connectivity index (χ4n) is 2.27. The van der Waals surface area contributed by atoms with Crippen LogP contribution in [0.2, 0.25) is 0 Å². The summed E-state index contributed by atoms with van der Waals surface area (Å²) >= 11 is 0. The molecule has 3 N–H and O–H groups in total. The lowest BCUT2D eigenvalue weighted by atomic mass is 10.0. The molecule has 0 bridgehead atoms. The fourth-order valence-corrected chi connectivity index (χ4v) is 3.39. The van der Waals surface area contributed by atoms with E-state index in [4.69, 9.17) is 10.5 Å². The number of fused-ring (bicyclic) bond motifs is 1. The first-order valence-electron chi connectivity index (χ1n) is 7.32. The number of halogens is 1. The molecule has 0 amide bonds. The SMILES string of the molecule is CCOCCS(=O)(=O)NC(CN)c1ccc2ccccc2c1.Cl. The first-order valence-corrected chi connectivity index (χ1v) is 8.97. The van der Waals surface area contributed by atoms with Crippen LogP contribution < -0.4 is 10.5 Å². The summed E-state index contributed by atoms with van der Waals surface area (Å²) in [6, 6.07) is 13.4. The minimum absolute atomic E-state index is 0. The minimum Gasteiger partial charge on any atom is -0.381 e. The number of nitrogens with two attached hydrogens (primary N) is 1. The molecule has 5 nitrogen and oxygen atoms in total. The van der Waals surface area contributed by atoms with Crippen LogP contribution in [0.1, 0.15) is 18.5 Å². The van der Waals surface area contributed by atoms with Crippen LogP contribution in [0, 0.1) is 0 Å². The monoisotopic (exact) mass is 358 g/mol. The fraction of sp³-hybridized carbons (Fsp3) is 0.375. The third-order valence-corrected chi connectivity index (χ3v) is 4.78. The van der Waals surface area contributed by atoms with Gasteiger partial charge in [0.1, 0.15) is 0 Å². The lowest BCUT2D eigenvalue weighted by Crippen LogP contribution is -2.35. The van der Waals surface area contributed by atoms with Crippen molar-refractivity contribution in [1.29, 1.82) is 0 Å². The molecule has 23 heavy (non-hydrogen) atoms. The van der Waals surface area contributed by atoms with Crippen molar-refractivity contribution in [2.45, 2.75) is 13.0 Å². The van der Waals surface area contributed by atoms with Crippen molar-refractivity contribution >= 4 is 33.2 Å². The van der Waals surface area contributed by atoms with Crippen LogP contribution in [0.15, 0.2) is 42.5 Å². The molecular formula is C16H23ClN2O3S. The van der Waals surface area contributed by atoms with Crippen molar-refractivity contribution < 1.29 is 13.2 Å².